The number of aromatic nitrogens is 3. The number of anilines is 2. The zero-order chi connectivity index (χ0) is 16.4. The van der Waals surface area contributed by atoms with Gasteiger partial charge in [-0.1, -0.05) is 13.8 Å². The van der Waals surface area contributed by atoms with Gasteiger partial charge in [-0.2, -0.15) is 0 Å². The van der Waals surface area contributed by atoms with Crippen LogP contribution in [0.5, 0.6) is 0 Å². The van der Waals surface area contributed by atoms with Crippen molar-refractivity contribution >= 4 is 17.2 Å². The summed E-state index contributed by atoms with van der Waals surface area (Å²) in [5.41, 5.74) is 15.4. The predicted molar refractivity (Wildman–Crippen MR) is 94.5 cm³/mol. The number of fused-ring (bicyclic) bond motifs is 1. The first-order valence-electron chi connectivity index (χ1n) is 8.68. The summed E-state index contributed by atoms with van der Waals surface area (Å²) in [6, 6.07) is 0.327. The summed E-state index contributed by atoms with van der Waals surface area (Å²) >= 11 is 0. The minimum atomic E-state index is 0.327. The van der Waals surface area contributed by atoms with Crippen LogP contribution in [-0.2, 0) is 0 Å². The molecule has 2 heterocycles. The molecule has 1 aliphatic rings. The number of imidazole rings is 1. The SMILES string of the molecule is CC(C)CCNc1c2nccn2nc(N)c1[C@H]1CC[C@H](N)CC1. The normalized spacial score (nSPS) is 21.9. The van der Waals surface area contributed by atoms with Gasteiger partial charge in [0.1, 0.15) is 5.82 Å². The molecule has 3 rings (SSSR count). The first-order valence-corrected chi connectivity index (χ1v) is 8.68. The maximum absolute atomic E-state index is 6.31. The molecule has 0 spiro atoms. The lowest BCUT2D eigenvalue weighted by atomic mass is 9.81. The fourth-order valence-electron chi connectivity index (χ4n) is 3.46. The van der Waals surface area contributed by atoms with Gasteiger partial charge in [0.05, 0.1) is 5.69 Å². The Balaban J connectivity index is 1.95. The van der Waals surface area contributed by atoms with Crippen molar-refractivity contribution in [3.05, 3.63) is 18.0 Å². The summed E-state index contributed by atoms with van der Waals surface area (Å²) in [5, 5.41) is 8.08. The van der Waals surface area contributed by atoms with Crippen molar-refractivity contribution in [3.8, 4) is 0 Å². The van der Waals surface area contributed by atoms with Crippen LogP contribution >= 0.6 is 0 Å². The molecular formula is C17H28N6. The molecule has 0 aromatic carbocycles. The van der Waals surface area contributed by atoms with Gasteiger partial charge in [-0.25, -0.2) is 9.50 Å². The summed E-state index contributed by atoms with van der Waals surface area (Å²) in [6.07, 6.45) is 8.98. The van der Waals surface area contributed by atoms with Crippen LogP contribution in [0.25, 0.3) is 5.65 Å². The minimum Gasteiger partial charge on any atom is -0.382 e. The molecule has 2 aromatic heterocycles. The Bertz CT molecular complexity index is 654. The van der Waals surface area contributed by atoms with Gasteiger partial charge in [-0.05, 0) is 43.9 Å². The first-order chi connectivity index (χ1) is 11.1. The van der Waals surface area contributed by atoms with Crippen LogP contribution in [0.15, 0.2) is 12.4 Å². The van der Waals surface area contributed by atoms with Gasteiger partial charge in [-0.3, -0.25) is 0 Å². The van der Waals surface area contributed by atoms with Crippen molar-refractivity contribution < 1.29 is 0 Å². The summed E-state index contributed by atoms with van der Waals surface area (Å²) in [5.74, 6) is 1.70. The van der Waals surface area contributed by atoms with E-state index >= 15 is 0 Å². The number of nitrogens with two attached hydrogens (primary N) is 2. The zero-order valence-electron chi connectivity index (χ0n) is 14.1. The molecule has 6 heteroatoms. The molecule has 0 aliphatic heterocycles. The molecule has 0 saturated heterocycles. The molecule has 0 atom stereocenters. The van der Waals surface area contributed by atoms with Crippen molar-refractivity contribution in [2.24, 2.45) is 11.7 Å². The molecule has 5 N–H and O–H groups in total. The molecule has 6 nitrogen and oxygen atoms in total. The topological polar surface area (TPSA) is 94.3 Å². The fraction of sp³-hybridized carbons (Fsp3) is 0.647. The third-order valence-corrected chi connectivity index (χ3v) is 4.81. The smallest absolute Gasteiger partial charge is 0.177 e. The van der Waals surface area contributed by atoms with Crippen LogP contribution in [0.4, 0.5) is 11.5 Å². The second kappa shape index (κ2) is 6.74. The van der Waals surface area contributed by atoms with E-state index in [1.807, 2.05) is 6.20 Å². The van der Waals surface area contributed by atoms with Crippen LogP contribution in [0.2, 0.25) is 0 Å². The molecule has 0 bridgehead atoms. The number of nitrogens with one attached hydrogen (secondary N) is 1. The second-order valence-electron chi connectivity index (χ2n) is 7.09. The lowest BCUT2D eigenvalue weighted by Crippen LogP contribution is -2.27. The Morgan fingerprint density at radius 1 is 1.30 bits per heavy atom. The molecule has 2 aromatic rings. The first kappa shape index (κ1) is 16.1. The average Bonchev–Trinajstić information content (AvgIpc) is 2.96. The summed E-state index contributed by atoms with van der Waals surface area (Å²) in [7, 11) is 0. The molecule has 126 valence electrons. The van der Waals surface area contributed by atoms with Crippen molar-refractivity contribution in [2.45, 2.75) is 57.9 Å². The highest BCUT2D eigenvalue weighted by atomic mass is 15.3. The Morgan fingerprint density at radius 3 is 2.74 bits per heavy atom. The lowest BCUT2D eigenvalue weighted by molar-refractivity contribution is 0.396. The molecule has 1 aliphatic carbocycles. The van der Waals surface area contributed by atoms with Gasteiger partial charge in [0.25, 0.3) is 0 Å². The number of hydrogen-bond donors (Lipinski definition) is 3. The van der Waals surface area contributed by atoms with E-state index in [0.29, 0.717) is 23.7 Å². The summed E-state index contributed by atoms with van der Waals surface area (Å²) in [6.45, 7) is 5.39. The van der Waals surface area contributed by atoms with Gasteiger partial charge in [0.15, 0.2) is 5.65 Å². The number of nitrogen functional groups attached to an aromatic ring is 1. The third-order valence-electron chi connectivity index (χ3n) is 4.81. The Labute approximate surface area is 137 Å². The minimum absolute atomic E-state index is 0.327. The van der Waals surface area contributed by atoms with Crippen molar-refractivity contribution in [1.29, 1.82) is 0 Å². The maximum Gasteiger partial charge on any atom is 0.177 e. The van der Waals surface area contributed by atoms with Crippen molar-refractivity contribution in [1.82, 2.24) is 14.6 Å². The molecule has 1 saturated carbocycles. The Hall–Kier alpha value is -1.82. The van der Waals surface area contributed by atoms with Crippen molar-refractivity contribution in [3.63, 3.8) is 0 Å². The van der Waals surface area contributed by atoms with Crippen molar-refractivity contribution in [2.75, 3.05) is 17.6 Å². The van der Waals surface area contributed by atoms with Crippen LogP contribution in [0.1, 0.15) is 57.4 Å². The van der Waals surface area contributed by atoms with Gasteiger partial charge in [0.2, 0.25) is 0 Å². The quantitative estimate of drug-likeness (QED) is 0.788. The van der Waals surface area contributed by atoms with Crippen LogP contribution in [0.3, 0.4) is 0 Å². The predicted octanol–water partition coefficient (Wildman–Crippen LogP) is 2.75. The molecule has 0 radical (unpaired) electrons. The lowest BCUT2D eigenvalue weighted by Gasteiger charge is -2.28. The Kier molecular flexibility index (Phi) is 4.71. The van der Waals surface area contributed by atoms with Gasteiger partial charge >= 0.3 is 0 Å². The third kappa shape index (κ3) is 3.42. The summed E-state index contributed by atoms with van der Waals surface area (Å²) in [4.78, 5) is 4.49. The number of rotatable bonds is 5. The van der Waals surface area contributed by atoms with Crippen LogP contribution in [-0.4, -0.2) is 27.2 Å². The van der Waals surface area contributed by atoms with E-state index in [9.17, 15) is 0 Å². The van der Waals surface area contributed by atoms with E-state index in [0.717, 1.165) is 55.5 Å². The van der Waals surface area contributed by atoms with E-state index in [2.05, 4.69) is 29.2 Å². The molecule has 1 fully saturated rings. The largest absolute Gasteiger partial charge is 0.382 e. The molecule has 0 amide bonds. The van der Waals surface area contributed by atoms with Gasteiger partial charge in [0, 0.05) is 30.5 Å². The number of nitrogens with zero attached hydrogens (tertiary/aromatic N) is 3. The van der Waals surface area contributed by atoms with Crippen LogP contribution < -0.4 is 16.8 Å². The van der Waals surface area contributed by atoms with Crippen LogP contribution in [0, 0.1) is 5.92 Å². The molecule has 23 heavy (non-hydrogen) atoms. The van der Waals surface area contributed by atoms with E-state index in [1.165, 1.54) is 0 Å². The molecule has 0 unspecified atom stereocenters. The fourth-order valence-corrected chi connectivity index (χ4v) is 3.46. The van der Waals surface area contributed by atoms with E-state index in [1.54, 1.807) is 10.7 Å². The second-order valence-corrected chi connectivity index (χ2v) is 7.09. The molecular weight excluding hydrogens is 288 g/mol. The highest BCUT2D eigenvalue weighted by Gasteiger charge is 2.26. The van der Waals surface area contributed by atoms with E-state index in [-0.39, 0.29) is 0 Å². The monoisotopic (exact) mass is 316 g/mol. The highest BCUT2D eigenvalue weighted by Crippen LogP contribution is 2.40. The maximum atomic E-state index is 6.31. The highest BCUT2D eigenvalue weighted by molar-refractivity contribution is 5.76. The van der Waals surface area contributed by atoms with Gasteiger partial charge < -0.3 is 16.8 Å². The number of hydrogen-bond acceptors (Lipinski definition) is 5. The van der Waals surface area contributed by atoms with E-state index < -0.39 is 0 Å². The van der Waals surface area contributed by atoms with E-state index in [4.69, 9.17) is 11.5 Å². The standard InChI is InChI=1S/C17H28N6/c1-11(2)7-8-20-15-14(12-3-5-13(18)6-4-12)16(19)22-23-10-9-21-17(15)23/h9-13,20H,3-8,18H2,1-2H3,(H2,19,22)/t12-,13-. The zero-order valence-corrected chi connectivity index (χ0v) is 14.1. The van der Waals surface area contributed by atoms with Gasteiger partial charge in [-0.15, -0.1) is 5.10 Å². The summed E-state index contributed by atoms with van der Waals surface area (Å²) < 4.78 is 1.77. The Morgan fingerprint density at radius 2 is 2.04 bits per heavy atom. The average molecular weight is 316 g/mol.